The Balaban J connectivity index is 2.36. The SMILES string of the molecule is CC(C)c1cc(N2CC(F)(F)C2)cc(C(F)(F)F)c1. The van der Waals surface area contributed by atoms with E-state index in [0.717, 1.165) is 12.1 Å². The molecule has 0 unspecified atom stereocenters. The smallest absolute Gasteiger partial charge is 0.359 e. The van der Waals surface area contributed by atoms with Gasteiger partial charge in [-0.1, -0.05) is 13.8 Å². The second kappa shape index (κ2) is 4.35. The van der Waals surface area contributed by atoms with Crippen molar-refractivity contribution in [3.05, 3.63) is 29.3 Å². The molecule has 2 rings (SSSR count). The van der Waals surface area contributed by atoms with E-state index in [2.05, 4.69) is 0 Å². The van der Waals surface area contributed by atoms with Crippen molar-refractivity contribution in [2.24, 2.45) is 0 Å². The first-order valence-corrected chi connectivity index (χ1v) is 5.93. The van der Waals surface area contributed by atoms with Crippen LogP contribution in [0.4, 0.5) is 27.6 Å². The second-order valence-corrected chi connectivity index (χ2v) is 5.18. The largest absolute Gasteiger partial charge is 0.416 e. The summed E-state index contributed by atoms with van der Waals surface area (Å²) in [5.41, 5.74) is -0.0755. The van der Waals surface area contributed by atoms with Crippen molar-refractivity contribution >= 4 is 5.69 Å². The summed E-state index contributed by atoms with van der Waals surface area (Å²) in [5.74, 6) is -2.89. The van der Waals surface area contributed by atoms with Gasteiger partial charge in [-0.2, -0.15) is 13.2 Å². The number of halogens is 5. The molecule has 0 spiro atoms. The maximum absolute atomic E-state index is 12.8. The predicted octanol–water partition coefficient (Wildman–Crippen LogP) is 4.28. The zero-order valence-corrected chi connectivity index (χ0v) is 10.6. The molecule has 6 heteroatoms. The Hall–Kier alpha value is -1.33. The highest BCUT2D eigenvalue weighted by Crippen LogP contribution is 2.38. The summed E-state index contributed by atoms with van der Waals surface area (Å²) in [6.07, 6.45) is -4.47. The Morgan fingerprint density at radius 3 is 2.11 bits per heavy atom. The predicted molar refractivity (Wildman–Crippen MR) is 62.7 cm³/mol. The highest BCUT2D eigenvalue weighted by atomic mass is 19.4. The molecule has 1 aromatic carbocycles. The molecular formula is C13H14F5N. The van der Waals surface area contributed by atoms with E-state index in [4.69, 9.17) is 0 Å². The lowest BCUT2D eigenvalue weighted by molar-refractivity contribution is -0.137. The van der Waals surface area contributed by atoms with Gasteiger partial charge in [0.1, 0.15) is 0 Å². The maximum atomic E-state index is 12.8. The third-order valence-corrected chi connectivity index (χ3v) is 3.14. The van der Waals surface area contributed by atoms with Crippen molar-refractivity contribution in [1.82, 2.24) is 0 Å². The summed E-state index contributed by atoms with van der Waals surface area (Å²) >= 11 is 0. The number of benzene rings is 1. The van der Waals surface area contributed by atoms with Gasteiger partial charge in [0.15, 0.2) is 0 Å². The van der Waals surface area contributed by atoms with Gasteiger partial charge in [0, 0.05) is 5.69 Å². The third kappa shape index (κ3) is 2.98. The molecule has 0 aliphatic carbocycles. The first-order chi connectivity index (χ1) is 8.58. The highest BCUT2D eigenvalue weighted by Gasteiger charge is 2.44. The molecule has 0 N–H and O–H groups in total. The van der Waals surface area contributed by atoms with Crippen molar-refractivity contribution < 1.29 is 22.0 Å². The lowest BCUT2D eigenvalue weighted by Gasteiger charge is -2.41. The number of rotatable bonds is 2. The molecular weight excluding hydrogens is 265 g/mol. The van der Waals surface area contributed by atoms with Crippen molar-refractivity contribution in [1.29, 1.82) is 0 Å². The van der Waals surface area contributed by atoms with E-state index >= 15 is 0 Å². The van der Waals surface area contributed by atoms with Gasteiger partial charge in [0.05, 0.1) is 18.7 Å². The lowest BCUT2D eigenvalue weighted by Crippen LogP contribution is -2.56. The van der Waals surface area contributed by atoms with Crippen LogP contribution in [0.25, 0.3) is 0 Å². The van der Waals surface area contributed by atoms with E-state index in [0.29, 0.717) is 5.56 Å². The van der Waals surface area contributed by atoms with Gasteiger partial charge in [-0.15, -0.1) is 0 Å². The Kier molecular flexibility index (Phi) is 3.23. The Labute approximate surface area is 108 Å². The van der Waals surface area contributed by atoms with Crippen LogP contribution in [-0.4, -0.2) is 19.0 Å². The summed E-state index contributed by atoms with van der Waals surface area (Å²) in [4.78, 5) is 1.27. The van der Waals surface area contributed by atoms with Crippen LogP contribution in [0, 0.1) is 0 Å². The standard InChI is InChI=1S/C13H14F5N/c1-8(2)9-3-10(13(16,17)18)5-11(4-9)19-6-12(14,15)7-19/h3-5,8H,6-7H2,1-2H3. The minimum atomic E-state index is -4.47. The molecule has 0 radical (unpaired) electrons. The summed E-state index contributed by atoms with van der Waals surface area (Å²) in [5, 5.41) is 0. The zero-order chi connectivity index (χ0) is 14.4. The van der Waals surface area contributed by atoms with Gasteiger partial charge in [0.25, 0.3) is 5.92 Å². The minimum absolute atomic E-state index is 0.0946. The second-order valence-electron chi connectivity index (χ2n) is 5.18. The number of nitrogens with zero attached hydrogens (tertiary/aromatic N) is 1. The van der Waals surface area contributed by atoms with E-state index in [1.807, 2.05) is 0 Å². The van der Waals surface area contributed by atoms with Crippen LogP contribution in [0.5, 0.6) is 0 Å². The normalized spacial score (nSPS) is 18.6. The summed E-state index contributed by atoms with van der Waals surface area (Å²) in [6.45, 7) is 2.49. The fourth-order valence-corrected chi connectivity index (χ4v) is 2.01. The number of alkyl halides is 5. The lowest BCUT2D eigenvalue weighted by atomic mass is 9.98. The minimum Gasteiger partial charge on any atom is -0.359 e. The first-order valence-electron chi connectivity index (χ1n) is 5.93. The summed E-state index contributed by atoms with van der Waals surface area (Å²) in [6, 6.07) is 3.56. The van der Waals surface area contributed by atoms with Crippen LogP contribution in [0.3, 0.4) is 0 Å². The molecule has 1 aliphatic rings. The topological polar surface area (TPSA) is 3.24 Å². The average Bonchev–Trinajstić information content (AvgIpc) is 2.23. The summed E-state index contributed by atoms with van der Waals surface area (Å²) in [7, 11) is 0. The van der Waals surface area contributed by atoms with E-state index in [1.165, 1.54) is 4.90 Å². The Morgan fingerprint density at radius 1 is 1.11 bits per heavy atom. The third-order valence-electron chi connectivity index (χ3n) is 3.14. The maximum Gasteiger partial charge on any atom is 0.416 e. The molecule has 0 amide bonds. The molecule has 0 atom stereocenters. The van der Waals surface area contributed by atoms with Gasteiger partial charge in [-0.25, -0.2) is 8.78 Å². The van der Waals surface area contributed by atoms with Crippen molar-refractivity contribution in [2.75, 3.05) is 18.0 Å². The molecule has 1 fully saturated rings. The molecule has 1 aliphatic heterocycles. The molecule has 0 saturated carbocycles. The van der Waals surface area contributed by atoms with Gasteiger partial charge in [-0.05, 0) is 29.7 Å². The van der Waals surface area contributed by atoms with Crippen molar-refractivity contribution in [3.8, 4) is 0 Å². The quantitative estimate of drug-likeness (QED) is 0.730. The van der Waals surface area contributed by atoms with Crippen LogP contribution in [-0.2, 0) is 6.18 Å². The molecule has 1 saturated heterocycles. The molecule has 106 valence electrons. The van der Waals surface area contributed by atoms with Crippen LogP contribution < -0.4 is 4.90 Å². The van der Waals surface area contributed by atoms with Gasteiger partial charge in [-0.3, -0.25) is 0 Å². The number of anilines is 1. The molecule has 1 heterocycles. The highest BCUT2D eigenvalue weighted by molar-refractivity contribution is 5.55. The van der Waals surface area contributed by atoms with Gasteiger partial charge in [0.2, 0.25) is 0 Å². The van der Waals surface area contributed by atoms with Crippen LogP contribution >= 0.6 is 0 Å². The van der Waals surface area contributed by atoms with Crippen LogP contribution in [0.15, 0.2) is 18.2 Å². The number of hydrogen-bond acceptors (Lipinski definition) is 1. The molecule has 19 heavy (non-hydrogen) atoms. The van der Waals surface area contributed by atoms with Gasteiger partial charge >= 0.3 is 6.18 Å². The van der Waals surface area contributed by atoms with Crippen molar-refractivity contribution in [3.63, 3.8) is 0 Å². The van der Waals surface area contributed by atoms with E-state index in [1.54, 1.807) is 19.9 Å². The fourth-order valence-electron chi connectivity index (χ4n) is 2.01. The Bertz CT molecular complexity index is 470. The fraction of sp³-hybridized carbons (Fsp3) is 0.538. The van der Waals surface area contributed by atoms with Crippen molar-refractivity contribution in [2.45, 2.75) is 31.9 Å². The molecule has 0 aromatic heterocycles. The zero-order valence-electron chi connectivity index (χ0n) is 10.6. The monoisotopic (exact) mass is 279 g/mol. The first kappa shape index (κ1) is 14.1. The molecule has 0 bridgehead atoms. The summed E-state index contributed by atoms with van der Waals surface area (Å²) < 4.78 is 64.0. The van der Waals surface area contributed by atoms with E-state index in [9.17, 15) is 22.0 Å². The van der Waals surface area contributed by atoms with Gasteiger partial charge < -0.3 is 4.90 Å². The van der Waals surface area contributed by atoms with E-state index in [-0.39, 0.29) is 11.6 Å². The van der Waals surface area contributed by atoms with Crippen LogP contribution in [0.2, 0.25) is 0 Å². The molecule has 1 nitrogen and oxygen atoms in total. The number of hydrogen-bond donors (Lipinski definition) is 0. The Morgan fingerprint density at radius 2 is 1.68 bits per heavy atom. The van der Waals surface area contributed by atoms with Crippen LogP contribution in [0.1, 0.15) is 30.9 Å². The average molecular weight is 279 g/mol. The molecule has 1 aromatic rings. The van der Waals surface area contributed by atoms with E-state index < -0.39 is 30.8 Å².